The zero-order valence-corrected chi connectivity index (χ0v) is 15.4. The van der Waals surface area contributed by atoms with E-state index in [1.807, 2.05) is 48.5 Å². The van der Waals surface area contributed by atoms with Gasteiger partial charge in [0.15, 0.2) is 0 Å². The number of methoxy groups -OCH3 is 1. The van der Waals surface area contributed by atoms with Gasteiger partial charge in [0, 0.05) is 20.9 Å². The van der Waals surface area contributed by atoms with Crippen LogP contribution in [0.15, 0.2) is 65.1 Å². The summed E-state index contributed by atoms with van der Waals surface area (Å²) in [5.74, 6) is -0.362. The molecule has 0 saturated carbocycles. The van der Waals surface area contributed by atoms with E-state index in [2.05, 4.69) is 26.6 Å². The summed E-state index contributed by atoms with van der Waals surface area (Å²) >= 11 is 3.46. The van der Waals surface area contributed by atoms with Crippen LogP contribution in [0.25, 0.3) is 27.5 Å². The molecular formula is C21H13BrN2O2. The van der Waals surface area contributed by atoms with Gasteiger partial charge in [-0.25, -0.2) is 4.79 Å². The van der Waals surface area contributed by atoms with Crippen LogP contribution in [0.5, 0.6) is 0 Å². The van der Waals surface area contributed by atoms with Gasteiger partial charge in [0.2, 0.25) is 0 Å². The SMILES string of the molecule is COC(=O)c1cccc2c1c1ccccc1n2-c1ccc(C#N)c(Br)c1. The van der Waals surface area contributed by atoms with E-state index in [-0.39, 0.29) is 5.97 Å². The van der Waals surface area contributed by atoms with E-state index < -0.39 is 0 Å². The van der Waals surface area contributed by atoms with Gasteiger partial charge in [-0.2, -0.15) is 5.26 Å². The number of halogens is 1. The van der Waals surface area contributed by atoms with Crippen molar-refractivity contribution in [1.29, 1.82) is 5.26 Å². The fourth-order valence-corrected chi connectivity index (χ4v) is 3.77. The van der Waals surface area contributed by atoms with Gasteiger partial charge in [0.25, 0.3) is 0 Å². The molecule has 5 heteroatoms. The van der Waals surface area contributed by atoms with Crippen molar-refractivity contribution in [2.45, 2.75) is 0 Å². The Morgan fingerprint density at radius 2 is 1.85 bits per heavy atom. The third-order valence-electron chi connectivity index (χ3n) is 4.43. The molecule has 0 amide bonds. The predicted octanol–water partition coefficient (Wildman–Crippen LogP) is 5.20. The monoisotopic (exact) mass is 404 g/mol. The molecule has 0 atom stereocenters. The first-order valence-corrected chi connectivity index (χ1v) is 8.75. The lowest BCUT2D eigenvalue weighted by molar-refractivity contribution is 0.0603. The van der Waals surface area contributed by atoms with Crippen LogP contribution in [-0.2, 0) is 4.74 Å². The lowest BCUT2D eigenvalue weighted by Gasteiger charge is -2.09. The van der Waals surface area contributed by atoms with Crippen molar-refractivity contribution < 1.29 is 9.53 Å². The van der Waals surface area contributed by atoms with Crippen LogP contribution in [0.1, 0.15) is 15.9 Å². The lowest BCUT2D eigenvalue weighted by atomic mass is 10.1. The molecule has 0 bridgehead atoms. The van der Waals surface area contributed by atoms with Gasteiger partial charge in [-0.15, -0.1) is 0 Å². The number of ether oxygens (including phenoxy) is 1. The van der Waals surface area contributed by atoms with Crippen LogP contribution < -0.4 is 0 Å². The van der Waals surface area contributed by atoms with E-state index in [9.17, 15) is 4.79 Å². The molecule has 26 heavy (non-hydrogen) atoms. The molecule has 0 unspecified atom stereocenters. The highest BCUT2D eigenvalue weighted by atomic mass is 79.9. The maximum absolute atomic E-state index is 12.3. The highest BCUT2D eigenvalue weighted by Gasteiger charge is 2.18. The van der Waals surface area contributed by atoms with Crippen LogP contribution in [0, 0.1) is 11.3 Å². The summed E-state index contributed by atoms with van der Waals surface area (Å²) in [4.78, 5) is 12.3. The quantitative estimate of drug-likeness (QED) is 0.431. The average Bonchev–Trinajstić information content (AvgIpc) is 3.01. The molecule has 4 aromatic rings. The van der Waals surface area contributed by atoms with E-state index >= 15 is 0 Å². The topological polar surface area (TPSA) is 55.0 Å². The Hall–Kier alpha value is -3.10. The number of esters is 1. The van der Waals surface area contributed by atoms with Crippen LogP contribution >= 0.6 is 15.9 Å². The number of fused-ring (bicyclic) bond motifs is 3. The maximum atomic E-state index is 12.3. The Morgan fingerprint density at radius 1 is 1.08 bits per heavy atom. The van der Waals surface area contributed by atoms with E-state index in [0.29, 0.717) is 11.1 Å². The van der Waals surface area contributed by atoms with Crippen molar-refractivity contribution >= 4 is 43.7 Å². The predicted molar refractivity (Wildman–Crippen MR) is 105 cm³/mol. The summed E-state index contributed by atoms with van der Waals surface area (Å²) in [5, 5.41) is 11.0. The van der Waals surface area contributed by atoms with Gasteiger partial charge in [-0.3, -0.25) is 0 Å². The van der Waals surface area contributed by atoms with E-state index in [4.69, 9.17) is 10.00 Å². The summed E-state index contributed by atoms with van der Waals surface area (Å²) in [5.41, 5.74) is 3.91. The van der Waals surface area contributed by atoms with Gasteiger partial charge in [-0.1, -0.05) is 24.3 Å². The van der Waals surface area contributed by atoms with Gasteiger partial charge in [0.1, 0.15) is 6.07 Å². The number of carbonyl (C=O) groups excluding carboxylic acids is 1. The molecule has 0 fully saturated rings. The van der Waals surface area contributed by atoms with Crippen LogP contribution in [0.4, 0.5) is 0 Å². The zero-order chi connectivity index (χ0) is 18.3. The third-order valence-corrected chi connectivity index (χ3v) is 5.09. The summed E-state index contributed by atoms with van der Waals surface area (Å²) in [6.45, 7) is 0. The van der Waals surface area contributed by atoms with E-state index in [1.54, 1.807) is 12.1 Å². The van der Waals surface area contributed by atoms with Crippen molar-refractivity contribution in [3.05, 3.63) is 76.3 Å². The molecule has 126 valence electrons. The second kappa shape index (κ2) is 6.32. The Labute approximate surface area is 158 Å². The molecule has 0 spiro atoms. The minimum absolute atomic E-state index is 0.362. The molecule has 1 aromatic heterocycles. The normalized spacial score (nSPS) is 10.8. The van der Waals surface area contributed by atoms with Crippen molar-refractivity contribution in [1.82, 2.24) is 4.57 Å². The Kier molecular flexibility index (Phi) is 3.98. The number of hydrogen-bond donors (Lipinski definition) is 0. The van der Waals surface area contributed by atoms with Gasteiger partial charge in [0.05, 0.1) is 29.3 Å². The molecule has 0 saturated heterocycles. The fraction of sp³-hybridized carbons (Fsp3) is 0.0476. The molecule has 0 aliphatic heterocycles. The fourth-order valence-electron chi connectivity index (χ4n) is 3.31. The summed E-state index contributed by atoms with van der Waals surface area (Å²) in [6.07, 6.45) is 0. The van der Waals surface area contributed by atoms with Gasteiger partial charge < -0.3 is 9.30 Å². The standard InChI is InChI=1S/C21H13BrN2O2/c1-26-21(25)16-6-4-8-19-20(16)15-5-2-3-7-18(15)24(19)14-10-9-13(12-23)17(22)11-14/h2-11H,1H3. The van der Waals surface area contributed by atoms with Crippen molar-refractivity contribution in [2.24, 2.45) is 0 Å². The summed E-state index contributed by atoms with van der Waals surface area (Å²) in [7, 11) is 1.39. The van der Waals surface area contributed by atoms with Crippen molar-refractivity contribution in [3.8, 4) is 11.8 Å². The largest absolute Gasteiger partial charge is 0.465 e. The van der Waals surface area contributed by atoms with Crippen LogP contribution in [-0.4, -0.2) is 17.6 Å². The Morgan fingerprint density at radius 3 is 2.58 bits per heavy atom. The van der Waals surface area contributed by atoms with Crippen molar-refractivity contribution in [2.75, 3.05) is 7.11 Å². The minimum Gasteiger partial charge on any atom is -0.465 e. The van der Waals surface area contributed by atoms with E-state index in [1.165, 1.54) is 7.11 Å². The molecule has 4 nitrogen and oxygen atoms in total. The molecule has 1 heterocycles. The zero-order valence-electron chi connectivity index (χ0n) is 13.9. The number of aromatic nitrogens is 1. The number of nitrogens with zero attached hydrogens (tertiary/aromatic N) is 2. The molecule has 3 aromatic carbocycles. The second-order valence-corrected chi connectivity index (χ2v) is 6.67. The van der Waals surface area contributed by atoms with Crippen LogP contribution in [0.3, 0.4) is 0 Å². The first-order valence-electron chi connectivity index (χ1n) is 7.96. The molecule has 0 N–H and O–H groups in total. The van der Waals surface area contributed by atoms with Gasteiger partial charge in [-0.05, 0) is 52.3 Å². The van der Waals surface area contributed by atoms with Crippen LogP contribution in [0.2, 0.25) is 0 Å². The average molecular weight is 405 g/mol. The first kappa shape index (κ1) is 16.4. The van der Waals surface area contributed by atoms with E-state index in [0.717, 1.165) is 32.0 Å². The molecule has 4 rings (SSSR count). The maximum Gasteiger partial charge on any atom is 0.338 e. The summed E-state index contributed by atoms with van der Waals surface area (Å²) in [6, 6.07) is 21.3. The molecule has 0 aliphatic rings. The molecule has 0 radical (unpaired) electrons. The Balaban J connectivity index is 2.14. The van der Waals surface area contributed by atoms with Gasteiger partial charge >= 0.3 is 5.97 Å². The van der Waals surface area contributed by atoms with Crippen molar-refractivity contribution in [3.63, 3.8) is 0 Å². The number of para-hydroxylation sites is 1. The number of benzene rings is 3. The third kappa shape index (κ3) is 2.39. The number of nitriles is 1. The number of carbonyl (C=O) groups is 1. The summed E-state index contributed by atoms with van der Waals surface area (Å²) < 4.78 is 7.78. The molecular weight excluding hydrogens is 392 g/mol. The Bertz CT molecular complexity index is 1220. The lowest BCUT2D eigenvalue weighted by Crippen LogP contribution is -2.02. The smallest absolute Gasteiger partial charge is 0.338 e. The second-order valence-electron chi connectivity index (χ2n) is 5.82. The molecule has 0 aliphatic carbocycles. The first-order chi connectivity index (χ1) is 12.7. The highest BCUT2D eigenvalue weighted by Crippen LogP contribution is 2.35. The number of hydrogen-bond acceptors (Lipinski definition) is 3. The highest BCUT2D eigenvalue weighted by molar-refractivity contribution is 9.10. The number of rotatable bonds is 2. The minimum atomic E-state index is -0.362.